The zero-order chi connectivity index (χ0) is 24.2. The van der Waals surface area contributed by atoms with Gasteiger partial charge in [0, 0.05) is 12.0 Å². The van der Waals surface area contributed by atoms with Crippen LogP contribution in [0.4, 0.5) is 0 Å². The average molecular weight is 475 g/mol. The first-order chi connectivity index (χ1) is 17.2. The number of rotatable bonds is 6. The third-order valence-corrected chi connectivity index (χ3v) is 8.58. The molecule has 0 aliphatic rings. The number of hydrogen-bond donors (Lipinski definition) is 0. The molecule has 0 amide bonds. The fourth-order valence-corrected chi connectivity index (χ4v) is 6.98. The van der Waals surface area contributed by atoms with Crippen molar-refractivity contribution in [2.45, 2.75) is 20.3 Å². The van der Waals surface area contributed by atoms with Crippen molar-refractivity contribution < 1.29 is 9.53 Å². The van der Waals surface area contributed by atoms with E-state index in [1.54, 1.807) is 0 Å². The minimum absolute atomic E-state index is 0.233. The molecule has 0 radical (unpaired) electrons. The highest BCUT2D eigenvalue weighted by Gasteiger charge is 2.23. The lowest BCUT2D eigenvalue weighted by Gasteiger charge is -2.24. The molecule has 5 aromatic rings. The molecule has 0 unspecified atom stereocenters. The Morgan fingerprint density at radius 2 is 1.37 bits per heavy atom. The van der Waals surface area contributed by atoms with E-state index in [1.165, 1.54) is 21.5 Å². The molecule has 5 aromatic carbocycles. The molecule has 0 aliphatic heterocycles. The van der Waals surface area contributed by atoms with Crippen LogP contribution in [-0.4, -0.2) is 5.97 Å². The van der Waals surface area contributed by atoms with E-state index in [0.717, 1.165) is 21.9 Å². The van der Waals surface area contributed by atoms with Gasteiger partial charge in [0.2, 0.25) is 0 Å². The number of carbonyl (C=O) groups excluding carboxylic acids is 1. The molecule has 2 nitrogen and oxygen atoms in total. The lowest BCUT2D eigenvalue weighted by molar-refractivity contribution is -0.133. The van der Waals surface area contributed by atoms with Gasteiger partial charge in [0.25, 0.3) is 0 Å². The fourth-order valence-electron chi connectivity index (χ4n) is 4.43. The summed E-state index contributed by atoms with van der Waals surface area (Å²) in [7, 11) is -0.839. The van der Waals surface area contributed by atoms with E-state index in [1.807, 2.05) is 31.2 Å². The predicted molar refractivity (Wildman–Crippen MR) is 149 cm³/mol. The summed E-state index contributed by atoms with van der Waals surface area (Å²) in [6, 6.07) is 40.3. The maximum absolute atomic E-state index is 12.4. The largest absolute Gasteiger partial charge is 0.426 e. The molecule has 0 atom stereocenters. The van der Waals surface area contributed by atoms with Gasteiger partial charge < -0.3 is 4.74 Å². The van der Waals surface area contributed by atoms with Crippen molar-refractivity contribution >= 4 is 40.6 Å². The van der Waals surface area contributed by atoms with Crippen molar-refractivity contribution in [3.05, 3.63) is 121 Å². The van der Waals surface area contributed by atoms with Gasteiger partial charge in [-0.05, 0) is 53.2 Å². The third kappa shape index (κ3) is 4.76. The second-order valence-corrected chi connectivity index (χ2v) is 10.7. The number of fused-ring (bicyclic) bond motifs is 1. The Kier molecular flexibility index (Phi) is 6.75. The standard InChI is InChI=1S/C32H27O2P/c1-3-31(33)34-29-21-19-24-12-10-11-17-27(24)32(29)28-20-18-23(2)22-30(28)35(25-13-6-4-7-14-25)26-15-8-5-9-16-26/h4-22H,3H2,1-2H3. The lowest BCUT2D eigenvalue weighted by atomic mass is 9.96. The molecular weight excluding hydrogens is 447 g/mol. The summed E-state index contributed by atoms with van der Waals surface area (Å²) in [5.74, 6) is 0.375. The van der Waals surface area contributed by atoms with Gasteiger partial charge in [0.05, 0.1) is 0 Å². The van der Waals surface area contributed by atoms with Crippen LogP contribution in [0, 0.1) is 6.92 Å². The Bertz CT molecular complexity index is 1440. The summed E-state index contributed by atoms with van der Waals surface area (Å²) < 4.78 is 5.90. The molecule has 0 spiro atoms. The Morgan fingerprint density at radius 3 is 2.03 bits per heavy atom. The molecule has 0 fully saturated rings. The quantitative estimate of drug-likeness (QED) is 0.152. The van der Waals surface area contributed by atoms with E-state index >= 15 is 0 Å². The summed E-state index contributed by atoms with van der Waals surface area (Å²) >= 11 is 0. The Labute approximate surface area is 208 Å². The monoisotopic (exact) mass is 474 g/mol. The van der Waals surface area contributed by atoms with E-state index in [0.29, 0.717) is 12.2 Å². The summed E-state index contributed by atoms with van der Waals surface area (Å²) in [6.45, 7) is 3.96. The van der Waals surface area contributed by atoms with Crippen LogP contribution in [0.15, 0.2) is 115 Å². The fraction of sp³-hybridized carbons (Fsp3) is 0.0938. The van der Waals surface area contributed by atoms with Crippen LogP contribution in [-0.2, 0) is 4.79 Å². The SMILES string of the molecule is CCC(=O)Oc1ccc2ccccc2c1-c1ccc(C)cc1P(c1ccccc1)c1ccccc1. The van der Waals surface area contributed by atoms with Gasteiger partial charge in [-0.25, -0.2) is 0 Å². The van der Waals surface area contributed by atoms with Gasteiger partial charge in [-0.15, -0.1) is 0 Å². The van der Waals surface area contributed by atoms with Crippen LogP contribution >= 0.6 is 7.92 Å². The zero-order valence-electron chi connectivity index (χ0n) is 19.9. The van der Waals surface area contributed by atoms with E-state index in [4.69, 9.17) is 4.74 Å². The zero-order valence-corrected chi connectivity index (χ0v) is 20.8. The van der Waals surface area contributed by atoms with Gasteiger partial charge in [0.15, 0.2) is 0 Å². The Balaban J connectivity index is 1.83. The van der Waals surface area contributed by atoms with E-state index in [2.05, 4.69) is 97.9 Å². The molecule has 0 aromatic heterocycles. The smallest absolute Gasteiger partial charge is 0.310 e. The summed E-state index contributed by atoms with van der Waals surface area (Å²) in [4.78, 5) is 12.4. The highest BCUT2D eigenvalue weighted by Crippen LogP contribution is 2.43. The van der Waals surface area contributed by atoms with Crippen LogP contribution in [0.25, 0.3) is 21.9 Å². The van der Waals surface area contributed by atoms with Gasteiger partial charge >= 0.3 is 5.97 Å². The topological polar surface area (TPSA) is 26.3 Å². The van der Waals surface area contributed by atoms with Crippen molar-refractivity contribution in [3.8, 4) is 16.9 Å². The van der Waals surface area contributed by atoms with Crippen LogP contribution < -0.4 is 20.7 Å². The number of aryl methyl sites for hydroxylation is 1. The number of carbonyl (C=O) groups is 1. The normalized spacial score (nSPS) is 11.1. The number of ether oxygens (including phenoxy) is 1. The molecule has 0 bridgehead atoms. The second-order valence-electron chi connectivity index (χ2n) is 8.51. The minimum Gasteiger partial charge on any atom is -0.426 e. The van der Waals surface area contributed by atoms with Crippen molar-refractivity contribution in [3.63, 3.8) is 0 Å². The van der Waals surface area contributed by atoms with Crippen LogP contribution in [0.3, 0.4) is 0 Å². The number of esters is 1. The van der Waals surface area contributed by atoms with Crippen molar-refractivity contribution in [1.29, 1.82) is 0 Å². The summed E-state index contributed by atoms with van der Waals surface area (Å²) in [5, 5.41) is 6.02. The molecule has 0 aliphatic carbocycles. The van der Waals surface area contributed by atoms with E-state index < -0.39 is 7.92 Å². The van der Waals surface area contributed by atoms with Crippen LogP contribution in [0.2, 0.25) is 0 Å². The molecule has 5 rings (SSSR count). The molecular formula is C32H27O2P. The third-order valence-electron chi connectivity index (χ3n) is 6.10. The number of benzene rings is 5. The molecule has 0 saturated heterocycles. The summed E-state index contributed by atoms with van der Waals surface area (Å²) in [6.07, 6.45) is 0.327. The molecule has 0 N–H and O–H groups in total. The number of hydrogen-bond acceptors (Lipinski definition) is 2. The first-order valence-electron chi connectivity index (χ1n) is 11.9. The Hall–Kier alpha value is -3.74. The first-order valence-corrected chi connectivity index (χ1v) is 13.2. The highest BCUT2D eigenvalue weighted by molar-refractivity contribution is 7.80. The van der Waals surface area contributed by atoms with Gasteiger partial charge in [-0.1, -0.05) is 122 Å². The van der Waals surface area contributed by atoms with Crippen LogP contribution in [0.5, 0.6) is 5.75 Å². The lowest BCUT2D eigenvalue weighted by Crippen LogP contribution is -2.22. The minimum atomic E-state index is -0.839. The predicted octanol–water partition coefficient (Wildman–Crippen LogP) is 6.89. The van der Waals surface area contributed by atoms with Crippen molar-refractivity contribution in [2.75, 3.05) is 0 Å². The maximum Gasteiger partial charge on any atom is 0.310 e. The highest BCUT2D eigenvalue weighted by atomic mass is 31.1. The van der Waals surface area contributed by atoms with E-state index in [9.17, 15) is 4.79 Å². The maximum atomic E-state index is 12.4. The van der Waals surface area contributed by atoms with Gasteiger partial charge in [-0.2, -0.15) is 0 Å². The van der Waals surface area contributed by atoms with E-state index in [-0.39, 0.29) is 5.97 Å². The van der Waals surface area contributed by atoms with Gasteiger partial charge in [-0.3, -0.25) is 4.79 Å². The molecule has 0 saturated carbocycles. The molecule has 3 heteroatoms. The van der Waals surface area contributed by atoms with Crippen molar-refractivity contribution in [2.24, 2.45) is 0 Å². The molecule has 0 heterocycles. The second kappa shape index (κ2) is 10.3. The molecule has 35 heavy (non-hydrogen) atoms. The van der Waals surface area contributed by atoms with Crippen molar-refractivity contribution in [1.82, 2.24) is 0 Å². The van der Waals surface area contributed by atoms with Crippen LogP contribution in [0.1, 0.15) is 18.9 Å². The molecule has 172 valence electrons. The van der Waals surface area contributed by atoms with Gasteiger partial charge in [0.1, 0.15) is 5.75 Å². The first kappa shape index (κ1) is 23.0. The Morgan fingerprint density at radius 1 is 0.743 bits per heavy atom. The summed E-state index contributed by atoms with van der Waals surface area (Å²) in [5.41, 5.74) is 3.28. The average Bonchev–Trinajstić information content (AvgIpc) is 2.90.